The van der Waals surface area contributed by atoms with Crippen LogP contribution in [0, 0.1) is 0 Å². The zero-order valence-electron chi connectivity index (χ0n) is 36.0. The largest absolute Gasteiger partial charge is 0.299 e. The predicted octanol–water partition coefficient (Wildman–Crippen LogP) is 9.37. The van der Waals surface area contributed by atoms with Crippen molar-refractivity contribution in [2.75, 3.05) is 0 Å². The van der Waals surface area contributed by atoms with Crippen LogP contribution in [0.25, 0.3) is 65.7 Å². The van der Waals surface area contributed by atoms with Crippen molar-refractivity contribution in [3.63, 3.8) is 0 Å². The highest BCUT2D eigenvalue weighted by molar-refractivity contribution is 6.21. The van der Waals surface area contributed by atoms with Gasteiger partial charge in [-0.15, -0.1) is 0 Å². The summed E-state index contributed by atoms with van der Waals surface area (Å²) in [7, 11) is 0. The van der Waals surface area contributed by atoms with E-state index in [1.54, 1.807) is 16.7 Å². The molecule has 1 heterocycles. The molecule has 0 radical (unpaired) electrons. The quantitative estimate of drug-likeness (QED) is 0.187. The molecule has 9 rings (SSSR count). The first-order valence-electron chi connectivity index (χ1n) is 20.9. The Bertz CT molecular complexity index is 3120. The Balaban J connectivity index is 1.44. The highest BCUT2D eigenvalue weighted by atomic mass is 15.1. The molecule has 0 fully saturated rings. The Morgan fingerprint density at radius 2 is 1.31 bits per heavy atom. The lowest BCUT2D eigenvalue weighted by atomic mass is 9.82. The maximum absolute atomic E-state index is 9.25. The maximum atomic E-state index is 9.25. The number of nitrogens with zero attached hydrogens (tertiary/aromatic N) is 2. The number of benzene rings is 7. The Morgan fingerprint density at radius 3 is 2.09 bits per heavy atom. The zero-order valence-corrected chi connectivity index (χ0v) is 24.0. The molecule has 0 saturated carbocycles. The molecule has 0 atom stereocenters. The molecule has 45 heavy (non-hydrogen) atoms. The second kappa shape index (κ2) is 10.3. The minimum atomic E-state index is -2.99. The summed E-state index contributed by atoms with van der Waals surface area (Å²) in [5.74, 6) is -0.193. The van der Waals surface area contributed by atoms with Gasteiger partial charge in [0.1, 0.15) is 5.82 Å². The van der Waals surface area contributed by atoms with Crippen molar-refractivity contribution in [2.45, 2.75) is 26.1 Å². The van der Waals surface area contributed by atoms with Crippen LogP contribution in [0.4, 0.5) is 0 Å². The summed E-state index contributed by atoms with van der Waals surface area (Å²) in [5.41, 5.74) is 4.37. The number of aromatic nitrogens is 2. The fraction of sp³-hybridized carbons (Fsp3) is 0.0930. The summed E-state index contributed by atoms with van der Waals surface area (Å²) in [5, 5.41) is 4.57. The summed E-state index contributed by atoms with van der Waals surface area (Å²) in [4.78, 5) is 4.57. The van der Waals surface area contributed by atoms with Crippen molar-refractivity contribution >= 4 is 54.6 Å². The normalized spacial score (nSPS) is 17.7. The minimum Gasteiger partial charge on any atom is -0.299 e. The minimum absolute atomic E-state index is 0.0187. The van der Waals surface area contributed by atoms with Crippen LogP contribution in [0.1, 0.15) is 47.5 Å². The Kier molecular flexibility index (Phi) is 3.80. The van der Waals surface area contributed by atoms with Gasteiger partial charge in [0, 0.05) is 24.1 Å². The van der Waals surface area contributed by atoms with E-state index in [9.17, 15) is 1.37 Å². The molecule has 2 nitrogen and oxygen atoms in total. The van der Waals surface area contributed by atoms with Gasteiger partial charge in [-0.05, 0) is 84.8 Å². The standard InChI is InChI=1S/C43H32N2/c1-2-41-44-38-24-11-12-25-40(38)45(41)39-27-26-37(30-17-5-6-18-31(30)39)43-35-21-9-7-19-33(35)42(34-20-8-10-22-36(34)43)32-23-13-15-28-14-3-4-16-29(28)32/h3-25H,2,26-27H2,1H3/i1D3,2D2,3D,4D,13D,14D,15D,16D,23D. The second-order valence-corrected chi connectivity index (χ2v) is 11.2. The zero-order chi connectivity index (χ0) is 40.3. The summed E-state index contributed by atoms with van der Waals surface area (Å²) < 4.78 is 105. The van der Waals surface area contributed by atoms with E-state index in [0.29, 0.717) is 45.9 Å². The molecule has 0 bridgehead atoms. The van der Waals surface area contributed by atoms with E-state index in [1.165, 1.54) is 0 Å². The molecule has 1 aliphatic rings. The molecule has 1 aliphatic carbocycles. The molecule has 0 unspecified atom stereocenters. The number of aryl methyl sites for hydroxylation is 1. The Morgan fingerprint density at radius 1 is 0.667 bits per heavy atom. The third kappa shape index (κ3) is 3.92. The van der Waals surface area contributed by atoms with Crippen LogP contribution in [0.15, 0.2) is 139 Å². The van der Waals surface area contributed by atoms with Gasteiger partial charge in [0.2, 0.25) is 0 Å². The molecule has 7 aromatic carbocycles. The van der Waals surface area contributed by atoms with Crippen molar-refractivity contribution in [3.8, 4) is 11.1 Å². The molecule has 0 spiro atoms. The molecule has 0 amide bonds. The maximum Gasteiger partial charge on any atom is 0.113 e. The van der Waals surface area contributed by atoms with Gasteiger partial charge in [-0.3, -0.25) is 4.57 Å². The van der Waals surface area contributed by atoms with Crippen LogP contribution in [-0.4, -0.2) is 9.55 Å². The summed E-state index contributed by atoms with van der Waals surface area (Å²) in [6, 6.07) is 27.3. The van der Waals surface area contributed by atoms with Crippen molar-refractivity contribution in [1.29, 1.82) is 0 Å². The molecule has 8 aromatic rings. The average molecular weight is 589 g/mol. The molecular formula is C43H32N2. The predicted molar refractivity (Wildman–Crippen MR) is 190 cm³/mol. The summed E-state index contributed by atoms with van der Waals surface area (Å²) >= 11 is 0. The Labute approximate surface area is 279 Å². The molecule has 214 valence electrons. The van der Waals surface area contributed by atoms with Gasteiger partial charge in [-0.1, -0.05) is 134 Å². The first-order valence-corrected chi connectivity index (χ1v) is 14.9. The lowest BCUT2D eigenvalue weighted by Crippen LogP contribution is -2.34. The first kappa shape index (κ1) is 16.6. The highest BCUT2D eigenvalue weighted by Gasteiger charge is 2.23. The van der Waals surface area contributed by atoms with Crippen molar-refractivity contribution in [3.05, 3.63) is 161 Å². The van der Waals surface area contributed by atoms with Crippen LogP contribution in [0.5, 0.6) is 0 Å². The fourth-order valence-electron chi connectivity index (χ4n) is 7.11. The number of fused-ring (bicyclic) bond motifs is 5. The third-order valence-corrected chi connectivity index (χ3v) is 8.91. The van der Waals surface area contributed by atoms with Crippen LogP contribution in [0.3, 0.4) is 0 Å². The van der Waals surface area contributed by atoms with E-state index in [-0.39, 0.29) is 34.2 Å². The van der Waals surface area contributed by atoms with Crippen molar-refractivity contribution in [2.24, 2.45) is 0 Å². The molecular weight excluding hydrogens is 544 g/mol. The van der Waals surface area contributed by atoms with Crippen LogP contribution in [0.2, 0.25) is 0 Å². The van der Waals surface area contributed by atoms with Crippen LogP contribution < -0.4 is 10.4 Å². The van der Waals surface area contributed by atoms with Gasteiger partial charge < -0.3 is 0 Å². The first-order chi connectivity index (χ1) is 27.1. The van der Waals surface area contributed by atoms with Gasteiger partial charge in [-0.2, -0.15) is 0 Å². The number of para-hydroxylation sites is 2. The summed E-state index contributed by atoms with van der Waals surface area (Å²) in [6.07, 6.45) is -1.88. The van der Waals surface area contributed by atoms with Gasteiger partial charge in [0.05, 0.1) is 20.6 Å². The van der Waals surface area contributed by atoms with Crippen molar-refractivity contribution < 1.29 is 16.4 Å². The van der Waals surface area contributed by atoms with E-state index in [2.05, 4.69) is 4.98 Å². The molecule has 2 heteroatoms. The molecule has 0 aliphatic heterocycles. The SMILES string of the molecule is [2H]c1c([2H])c([2H])c2c(-c3c4ccccc4c(C4=c5ccccc5=C(n5c(C([2H])([2H])C([2H])([2H])[2H])nc6ccccc65)CC4)c4ccccc34)c([2H])c([2H])c([2H])c2c1[2H]. The fourth-order valence-corrected chi connectivity index (χ4v) is 7.11. The van der Waals surface area contributed by atoms with Gasteiger partial charge >= 0.3 is 0 Å². The van der Waals surface area contributed by atoms with Crippen LogP contribution >= 0.6 is 0 Å². The second-order valence-electron chi connectivity index (χ2n) is 11.2. The van der Waals surface area contributed by atoms with Gasteiger partial charge in [-0.25, -0.2) is 4.98 Å². The lowest BCUT2D eigenvalue weighted by molar-refractivity contribution is 0.867. The number of hydrogen-bond donors (Lipinski definition) is 0. The average Bonchev–Trinajstić information content (AvgIpc) is 3.60. The van der Waals surface area contributed by atoms with E-state index < -0.39 is 43.4 Å². The number of hydrogen-bond acceptors (Lipinski definition) is 1. The third-order valence-electron chi connectivity index (χ3n) is 8.91. The smallest absolute Gasteiger partial charge is 0.113 e. The van der Waals surface area contributed by atoms with Crippen molar-refractivity contribution in [1.82, 2.24) is 9.55 Å². The molecule has 0 saturated heterocycles. The van der Waals surface area contributed by atoms with E-state index in [0.717, 1.165) is 32.3 Å². The monoisotopic (exact) mass is 588 g/mol. The molecule has 0 N–H and O–H groups in total. The van der Waals surface area contributed by atoms with E-state index in [1.807, 2.05) is 84.9 Å². The van der Waals surface area contributed by atoms with Gasteiger partial charge in [0.25, 0.3) is 0 Å². The number of rotatable bonds is 4. The van der Waals surface area contributed by atoms with E-state index in [4.69, 9.17) is 15.1 Å². The highest BCUT2D eigenvalue weighted by Crippen LogP contribution is 2.44. The summed E-state index contributed by atoms with van der Waals surface area (Å²) in [6.45, 7) is -2.99. The van der Waals surface area contributed by atoms with Crippen LogP contribution in [-0.2, 0) is 6.37 Å². The number of imidazole rings is 1. The topological polar surface area (TPSA) is 17.8 Å². The Hall–Kier alpha value is -5.47. The van der Waals surface area contributed by atoms with E-state index >= 15 is 0 Å². The molecule has 1 aromatic heterocycles. The lowest BCUT2D eigenvalue weighted by Gasteiger charge is -2.24. The van der Waals surface area contributed by atoms with Gasteiger partial charge in [0.15, 0.2) is 0 Å².